The maximum Gasteiger partial charge on any atom is 0.303 e. The van der Waals surface area contributed by atoms with Crippen LogP contribution in [0.15, 0.2) is 22.6 Å². The zero-order valence-corrected chi connectivity index (χ0v) is 9.91. The van der Waals surface area contributed by atoms with E-state index in [1.54, 1.807) is 12.1 Å². The standard InChI is InChI=1S/C12H12ClNO3/c13-8-5-6-9-10(7-8)17-11(14-9)3-1-2-4-12(15)16/h5-7H,1-4H2,(H,15,16). The molecule has 0 atom stereocenters. The van der Waals surface area contributed by atoms with Crippen LogP contribution in [0.4, 0.5) is 0 Å². The van der Waals surface area contributed by atoms with Gasteiger partial charge in [0.2, 0.25) is 0 Å². The molecule has 0 radical (unpaired) electrons. The molecule has 1 aromatic heterocycles. The number of carbonyl (C=O) groups is 1. The first-order valence-corrected chi connectivity index (χ1v) is 5.80. The van der Waals surface area contributed by atoms with Crippen molar-refractivity contribution in [3.8, 4) is 0 Å². The molecule has 4 nitrogen and oxygen atoms in total. The molecular weight excluding hydrogens is 242 g/mol. The lowest BCUT2D eigenvalue weighted by atomic mass is 10.2. The highest BCUT2D eigenvalue weighted by molar-refractivity contribution is 6.31. The van der Waals surface area contributed by atoms with Gasteiger partial charge < -0.3 is 9.52 Å². The summed E-state index contributed by atoms with van der Waals surface area (Å²) in [7, 11) is 0. The van der Waals surface area contributed by atoms with Gasteiger partial charge in [0, 0.05) is 23.9 Å². The van der Waals surface area contributed by atoms with Crippen molar-refractivity contribution in [1.82, 2.24) is 4.98 Å². The number of aliphatic carboxylic acids is 1. The Kier molecular flexibility index (Phi) is 3.64. The zero-order valence-electron chi connectivity index (χ0n) is 9.15. The lowest BCUT2D eigenvalue weighted by molar-refractivity contribution is -0.137. The summed E-state index contributed by atoms with van der Waals surface area (Å²) in [6, 6.07) is 5.30. The van der Waals surface area contributed by atoms with E-state index in [1.165, 1.54) is 0 Å². The fraction of sp³-hybridized carbons (Fsp3) is 0.333. The van der Waals surface area contributed by atoms with Gasteiger partial charge in [0.25, 0.3) is 0 Å². The predicted molar refractivity (Wildman–Crippen MR) is 64.2 cm³/mol. The number of aryl methyl sites for hydroxylation is 1. The van der Waals surface area contributed by atoms with Crippen molar-refractivity contribution in [2.24, 2.45) is 0 Å². The van der Waals surface area contributed by atoms with Crippen LogP contribution in [0.5, 0.6) is 0 Å². The normalized spacial score (nSPS) is 10.9. The number of carboxylic acid groups (broad SMARTS) is 1. The van der Waals surface area contributed by atoms with E-state index in [4.69, 9.17) is 21.1 Å². The molecular formula is C12H12ClNO3. The summed E-state index contributed by atoms with van der Waals surface area (Å²) in [6.45, 7) is 0. The number of benzene rings is 1. The molecule has 0 aliphatic heterocycles. The highest BCUT2D eigenvalue weighted by Gasteiger charge is 2.06. The molecule has 1 aromatic carbocycles. The predicted octanol–water partition coefficient (Wildman–Crippen LogP) is 3.28. The number of hydrogen-bond donors (Lipinski definition) is 1. The minimum absolute atomic E-state index is 0.187. The summed E-state index contributed by atoms with van der Waals surface area (Å²) < 4.78 is 5.51. The number of unbranched alkanes of at least 4 members (excludes halogenated alkanes) is 1. The lowest BCUT2D eigenvalue weighted by Crippen LogP contribution is -1.94. The van der Waals surface area contributed by atoms with Gasteiger partial charge in [-0.05, 0) is 25.0 Å². The highest BCUT2D eigenvalue weighted by atomic mass is 35.5. The van der Waals surface area contributed by atoms with E-state index in [1.807, 2.05) is 6.07 Å². The minimum Gasteiger partial charge on any atom is -0.481 e. The zero-order chi connectivity index (χ0) is 12.3. The maximum absolute atomic E-state index is 10.3. The van der Waals surface area contributed by atoms with Gasteiger partial charge in [-0.15, -0.1) is 0 Å². The molecule has 0 amide bonds. The van der Waals surface area contributed by atoms with Crippen LogP contribution in [-0.2, 0) is 11.2 Å². The van der Waals surface area contributed by atoms with E-state index in [0.29, 0.717) is 29.3 Å². The Morgan fingerprint density at radius 2 is 2.24 bits per heavy atom. The average molecular weight is 254 g/mol. The van der Waals surface area contributed by atoms with Crippen molar-refractivity contribution >= 4 is 28.7 Å². The van der Waals surface area contributed by atoms with Crippen LogP contribution in [-0.4, -0.2) is 16.1 Å². The molecule has 17 heavy (non-hydrogen) atoms. The molecule has 0 aliphatic carbocycles. The maximum atomic E-state index is 10.3. The average Bonchev–Trinajstić information content (AvgIpc) is 2.66. The van der Waals surface area contributed by atoms with Crippen LogP contribution in [0.1, 0.15) is 25.2 Å². The van der Waals surface area contributed by atoms with E-state index in [0.717, 1.165) is 11.9 Å². The molecule has 0 bridgehead atoms. The summed E-state index contributed by atoms with van der Waals surface area (Å²) >= 11 is 5.84. The van der Waals surface area contributed by atoms with Crippen LogP contribution < -0.4 is 0 Å². The first kappa shape index (κ1) is 11.9. The SMILES string of the molecule is O=C(O)CCCCc1nc2ccc(Cl)cc2o1. The molecule has 2 aromatic rings. The minimum atomic E-state index is -0.769. The molecule has 0 aliphatic rings. The van der Waals surface area contributed by atoms with Crippen molar-refractivity contribution in [2.75, 3.05) is 0 Å². The van der Waals surface area contributed by atoms with Crippen LogP contribution in [0.3, 0.4) is 0 Å². The van der Waals surface area contributed by atoms with Gasteiger partial charge in [-0.2, -0.15) is 0 Å². The van der Waals surface area contributed by atoms with Gasteiger partial charge in [0.05, 0.1) is 0 Å². The molecule has 0 spiro atoms. The van der Waals surface area contributed by atoms with Gasteiger partial charge in [-0.25, -0.2) is 4.98 Å². The van der Waals surface area contributed by atoms with Crippen molar-refractivity contribution in [3.05, 3.63) is 29.1 Å². The quantitative estimate of drug-likeness (QED) is 0.831. The number of aromatic nitrogens is 1. The molecule has 0 unspecified atom stereocenters. The van der Waals surface area contributed by atoms with Crippen molar-refractivity contribution in [3.63, 3.8) is 0 Å². The number of carboxylic acids is 1. The van der Waals surface area contributed by atoms with E-state index in [-0.39, 0.29) is 6.42 Å². The summed E-state index contributed by atoms with van der Waals surface area (Å²) in [5.74, 6) is -0.137. The second-order valence-corrected chi connectivity index (χ2v) is 4.26. The largest absolute Gasteiger partial charge is 0.481 e. The summed E-state index contributed by atoms with van der Waals surface area (Å²) in [4.78, 5) is 14.6. The molecule has 90 valence electrons. The van der Waals surface area contributed by atoms with E-state index < -0.39 is 5.97 Å². The van der Waals surface area contributed by atoms with Crippen molar-refractivity contribution in [1.29, 1.82) is 0 Å². The van der Waals surface area contributed by atoms with Gasteiger partial charge in [0.15, 0.2) is 11.5 Å². The Labute approximate surface area is 103 Å². The topological polar surface area (TPSA) is 63.3 Å². The number of oxazole rings is 1. The van der Waals surface area contributed by atoms with E-state index in [2.05, 4.69) is 4.98 Å². The molecule has 2 rings (SSSR count). The Balaban J connectivity index is 1.97. The van der Waals surface area contributed by atoms with E-state index in [9.17, 15) is 4.79 Å². The van der Waals surface area contributed by atoms with Crippen LogP contribution in [0, 0.1) is 0 Å². The number of hydrogen-bond acceptors (Lipinski definition) is 3. The number of fused-ring (bicyclic) bond motifs is 1. The van der Waals surface area contributed by atoms with Gasteiger partial charge in [-0.1, -0.05) is 11.6 Å². The van der Waals surface area contributed by atoms with Crippen LogP contribution in [0.2, 0.25) is 5.02 Å². The first-order valence-electron chi connectivity index (χ1n) is 5.42. The molecule has 0 fully saturated rings. The second-order valence-electron chi connectivity index (χ2n) is 3.82. The first-order chi connectivity index (χ1) is 8.15. The Hall–Kier alpha value is -1.55. The van der Waals surface area contributed by atoms with Crippen molar-refractivity contribution in [2.45, 2.75) is 25.7 Å². The molecule has 1 N–H and O–H groups in total. The molecule has 0 saturated heterocycles. The van der Waals surface area contributed by atoms with Gasteiger partial charge in [-0.3, -0.25) is 4.79 Å². The lowest BCUT2D eigenvalue weighted by Gasteiger charge is -1.93. The molecule has 5 heteroatoms. The summed E-state index contributed by atoms with van der Waals surface area (Å²) in [5.41, 5.74) is 1.45. The molecule has 0 saturated carbocycles. The third-order valence-corrected chi connectivity index (χ3v) is 2.66. The number of nitrogens with zero attached hydrogens (tertiary/aromatic N) is 1. The Morgan fingerprint density at radius 1 is 1.41 bits per heavy atom. The monoisotopic (exact) mass is 253 g/mol. The fourth-order valence-corrected chi connectivity index (χ4v) is 1.77. The second kappa shape index (κ2) is 5.19. The Bertz CT molecular complexity index is 536. The van der Waals surface area contributed by atoms with Gasteiger partial charge in [0.1, 0.15) is 5.52 Å². The smallest absolute Gasteiger partial charge is 0.303 e. The highest BCUT2D eigenvalue weighted by Crippen LogP contribution is 2.20. The fourth-order valence-electron chi connectivity index (χ4n) is 1.61. The third kappa shape index (κ3) is 3.20. The Morgan fingerprint density at radius 3 is 3.00 bits per heavy atom. The van der Waals surface area contributed by atoms with Gasteiger partial charge >= 0.3 is 5.97 Å². The third-order valence-electron chi connectivity index (χ3n) is 2.43. The molecule has 1 heterocycles. The number of rotatable bonds is 5. The summed E-state index contributed by atoms with van der Waals surface area (Å²) in [6.07, 6.45) is 2.23. The van der Waals surface area contributed by atoms with Crippen LogP contribution in [0.25, 0.3) is 11.1 Å². The van der Waals surface area contributed by atoms with Crippen molar-refractivity contribution < 1.29 is 14.3 Å². The summed E-state index contributed by atoms with van der Waals surface area (Å²) in [5, 5.41) is 9.12. The number of halogens is 1. The van der Waals surface area contributed by atoms with E-state index >= 15 is 0 Å². The van der Waals surface area contributed by atoms with Crippen LogP contribution >= 0.6 is 11.6 Å².